The zero-order valence-corrected chi connectivity index (χ0v) is 15.8. The molecule has 1 atom stereocenters. The van der Waals surface area contributed by atoms with Gasteiger partial charge in [0.05, 0.1) is 19.7 Å². The van der Waals surface area contributed by atoms with Crippen molar-refractivity contribution in [2.45, 2.75) is 33.2 Å². The Morgan fingerprint density at radius 1 is 1.04 bits per heavy atom. The molecule has 0 aromatic heterocycles. The molecule has 2 rings (SSSR count). The summed E-state index contributed by atoms with van der Waals surface area (Å²) >= 11 is 0. The van der Waals surface area contributed by atoms with Crippen molar-refractivity contribution in [3.63, 3.8) is 0 Å². The van der Waals surface area contributed by atoms with Crippen LogP contribution in [0, 0.1) is 13.8 Å². The largest absolute Gasteiger partial charge is 0.497 e. The summed E-state index contributed by atoms with van der Waals surface area (Å²) < 4.78 is 5.15. The van der Waals surface area contributed by atoms with Gasteiger partial charge in [-0.05, 0) is 61.2 Å². The lowest BCUT2D eigenvalue weighted by Gasteiger charge is -2.18. The molecule has 138 valence electrons. The van der Waals surface area contributed by atoms with Crippen molar-refractivity contribution in [1.29, 1.82) is 0 Å². The lowest BCUT2D eigenvalue weighted by Crippen LogP contribution is -2.38. The van der Waals surface area contributed by atoms with Crippen molar-refractivity contribution in [2.24, 2.45) is 0 Å². The Morgan fingerprint density at radius 3 is 2.31 bits per heavy atom. The molecule has 0 aliphatic rings. The summed E-state index contributed by atoms with van der Waals surface area (Å²) in [6.07, 6.45) is 0.753. The van der Waals surface area contributed by atoms with Gasteiger partial charge in [-0.2, -0.15) is 0 Å². The number of rotatable bonds is 7. The summed E-state index contributed by atoms with van der Waals surface area (Å²) in [5, 5.41) is 5.63. The molecule has 0 radical (unpaired) electrons. The summed E-state index contributed by atoms with van der Waals surface area (Å²) in [5.74, 6) is 0.307. The number of hydrogen-bond donors (Lipinski definition) is 2. The van der Waals surface area contributed by atoms with Gasteiger partial charge in [-0.15, -0.1) is 0 Å². The fourth-order valence-electron chi connectivity index (χ4n) is 2.65. The Kier molecular flexibility index (Phi) is 6.78. The van der Waals surface area contributed by atoms with E-state index in [1.165, 1.54) is 0 Å². The summed E-state index contributed by atoms with van der Waals surface area (Å²) in [4.78, 5) is 24.4. The standard InChI is InChI=1S/C21H26N2O3/c1-5-19(16-8-10-18(26-4)11-9-16)23-20(24)13-22-21(25)17-7-6-14(2)15(3)12-17/h6-12,19H,5,13H2,1-4H3,(H,22,25)(H,23,24). The average molecular weight is 354 g/mol. The van der Waals surface area contributed by atoms with E-state index < -0.39 is 0 Å². The van der Waals surface area contributed by atoms with Crippen molar-refractivity contribution in [3.05, 3.63) is 64.7 Å². The van der Waals surface area contributed by atoms with Crippen LogP contribution in [0.25, 0.3) is 0 Å². The maximum Gasteiger partial charge on any atom is 0.251 e. The van der Waals surface area contributed by atoms with E-state index in [9.17, 15) is 9.59 Å². The second kappa shape index (κ2) is 9.04. The average Bonchev–Trinajstić information content (AvgIpc) is 2.66. The molecule has 0 saturated heterocycles. The highest BCUT2D eigenvalue weighted by atomic mass is 16.5. The van der Waals surface area contributed by atoms with Crippen LogP contribution in [0.1, 0.15) is 46.4 Å². The summed E-state index contributed by atoms with van der Waals surface area (Å²) in [5.41, 5.74) is 3.74. The van der Waals surface area contributed by atoms with E-state index in [1.807, 2.05) is 57.2 Å². The van der Waals surface area contributed by atoms with Gasteiger partial charge in [0.25, 0.3) is 5.91 Å². The predicted molar refractivity (Wildman–Crippen MR) is 102 cm³/mol. The Labute approximate surface area is 154 Å². The Balaban J connectivity index is 1.91. The van der Waals surface area contributed by atoms with Crippen LogP contribution in [0.4, 0.5) is 0 Å². The molecule has 26 heavy (non-hydrogen) atoms. The van der Waals surface area contributed by atoms with Crippen LogP contribution in [0.3, 0.4) is 0 Å². The summed E-state index contributed by atoms with van der Waals surface area (Å²) in [6, 6.07) is 13.0. The number of nitrogens with one attached hydrogen (secondary N) is 2. The van der Waals surface area contributed by atoms with Gasteiger partial charge in [0.2, 0.25) is 5.91 Å². The lowest BCUT2D eigenvalue weighted by atomic mass is 10.0. The molecule has 0 aliphatic carbocycles. The van der Waals surface area contributed by atoms with E-state index >= 15 is 0 Å². The number of ether oxygens (including phenoxy) is 1. The van der Waals surface area contributed by atoms with Gasteiger partial charge in [-0.3, -0.25) is 9.59 Å². The third-order valence-electron chi connectivity index (χ3n) is 4.44. The number of aryl methyl sites for hydroxylation is 2. The van der Waals surface area contributed by atoms with Crippen molar-refractivity contribution < 1.29 is 14.3 Å². The maximum atomic E-state index is 12.2. The minimum absolute atomic E-state index is 0.0571. The van der Waals surface area contributed by atoms with Crippen molar-refractivity contribution >= 4 is 11.8 Å². The van der Waals surface area contributed by atoms with E-state index in [2.05, 4.69) is 10.6 Å². The van der Waals surface area contributed by atoms with Gasteiger partial charge in [-0.1, -0.05) is 25.1 Å². The lowest BCUT2D eigenvalue weighted by molar-refractivity contribution is -0.120. The van der Waals surface area contributed by atoms with Gasteiger partial charge in [-0.25, -0.2) is 0 Å². The number of amides is 2. The van der Waals surface area contributed by atoms with E-state index in [4.69, 9.17) is 4.74 Å². The van der Waals surface area contributed by atoms with E-state index in [1.54, 1.807) is 13.2 Å². The second-order valence-electron chi connectivity index (χ2n) is 6.28. The van der Waals surface area contributed by atoms with Crippen LogP contribution in [0.5, 0.6) is 5.75 Å². The van der Waals surface area contributed by atoms with Gasteiger partial charge in [0.15, 0.2) is 0 Å². The van der Waals surface area contributed by atoms with Crippen molar-refractivity contribution in [2.75, 3.05) is 13.7 Å². The van der Waals surface area contributed by atoms with Crippen molar-refractivity contribution in [1.82, 2.24) is 10.6 Å². The third-order valence-corrected chi connectivity index (χ3v) is 4.44. The Hall–Kier alpha value is -2.82. The van der Waals surface area contributed by atoms with Gasteiger partial charge < -0.3 is 15.4 Å². The number of carbonyl (C=O) groups is 2. The highest BCUT2D eigenvalue weighted by molar-refractivity contribution is 5.96. The summed E-state index contributed by atoms with van der Waals surface area (Å²) in [7, 11) is 1.62. The maximum absolute atomic E-state index is 12.2. The molecule has 5 nitrogen and oxygen atoms in total. The molecule has 2 amide bonds. The van der Waals surface area contributed by atoms with Crippen LogP contribution in [0.2, 0.25) is 0 Å². The molecule has 2 N–H and O–H groups in total. The van der Waals surface area contributed by atoms with Crippen molar-refractivity contribution in [3.8, 4) is 5.75 Å². The van der Waals surface area contributed by atoms with Crippen LogP contribution >= 0.6 is 0 Å². The van der Waals surface area contributed by atoms with E-state index in [-0.39, 0.29) is 24.4 Å². The van der Waals surface area contributed by atoms with E-state index in [0.717, 1.165) is 28.9 Å². The molecule has 0 bridgehead atoms. The molecule has 0 saturated carbocycles. The number of methoxy groups -OCH3 is 1. The molecular formula is C21H26N2O3. The monoisotopic (exact) mass is 354 g/mol. The quantitative estimate of drug-likeness (QED) is 0.802. The zero-order chi connectivity index (χ0) is 19.1. The first-order valence-electron chi connectivity index (χ1n) is 8.73. The van der Waals surface area contributed by atoms with Crippen LogP contribution in [-0.4, -0.2) is 25.5 Å². The number of hydrogen-bond acceptors (Lipinski definition) is 3. The SMILES string of the molecule is CCC(NC(=O)CNC(=O)c1ccc(C)c(C)c1)c1ccc(OC)cc1. The molecule has 2 aromatic rings. The highest BCUT2D eigenvalue weighted by Gasteiger charge is 2.14. The predicted octanol–water partition coefficient (Wildman–Crippen LogP) is 3.31. The normalized spacial score (nSPS) is 11.5. The number of carbonyl (C=O) groups excluding carboxylic acids is 2. The van der Waals surface area contributed by atoms with Crippen LogP contribution in [-0.2, 0) is 4.79 Å². The minimum Gasteiger partial charge on any atom is -0.497 e. The third kappa shape index (κ3) is 5.09. The Morgan fingerprint density at radius 2 is 1.73 bits per heavy atom. The van der Waals surface area contributed by atoms with E-state index in [0.29, 0.717) is 5.56 Å². The topological polar surface area (TPSA) is 67.4 Å². The zero-order valence-electron chi connectivity index (χ0n) is 15.8. The number of benzene rings is 2. The fourth-order valence-corrected chi connectivity index (χ4v) is 2.65. The molecule has 2 aromatic carbocycles. The second-order valence-corrected chi connectivity index (χ2v) is 6.28. The minimum atomic E-state index is -0.249. The first-order valence-corrected chi connectivity index (χ1v) is 8.73. The highest BCUT2D eigenvalue weighted by Crippen LogP contribution is 2.19. The molecule has 0 aliphatic heterocycles. The molecule has 0 spiro atoms. The van der Waals surface area contributed by atoms with Gasteiger partial charge >= 0.3 is 0 Å². The van der Waals surface area contributed by atoms with Crippen LogP contribution in [0.15, 0.2) is 42.5 Å². The molecule has 5 heteroatoms. The Bertz CT molecular complexity index is 769. The van der Waals surface area contributed by atoms with Gasteiger partial charge in [0.1, 0.15) is 5.75 Å². The summed E-state index contributed by atoms with van der Waals surface area (Å²) in [6.45, 7) is 5.90. The molecule has 0 fully saturated rings. The molecular weight excluding hydrogens is 328 g/mol. The molecule has 1 unspecified atom stereocenters. The van der Waals surface area contributed by atoms with Crippen LogP contribution < -0.4 is 15.4 Å². The molecule has 0 heterocycles. The fraction of sp³-hybridized carbons (Fsp3) is 0.333. The first-order chi connectivity index (χ1) is 12.4. The first kappa shape index (κ1) is 19.5. The smallest absolute Gasteiger partial charge is 0.251 e. The van der Waals surface area contributed by atoms with Gasteiger partial charge in [0, 0.05) is 5.56 Å².